The van der Waals surface area contributed by atoms with Gasteiger partial charge in [-0.3, -0.25) is 4.79 Å². The van der Waals surface area contributed by atoms with E-state index in [0.717, 1.165) is 6.42 Å². The van der Waals surface area contributed by atoms with Crippen molar-refractivity contribution in [2.24, 2.45) is 16.3 Å². The molecular weight excluding hydrogens is 274 g/mol. The second kappa shape index (κ2) is 5.83. The molecule has 1 aromatic heterocycles. The summed E-state index contributed by atoms with van der Waals surface area (Å²) in [5.41, 5.74) is 6.14. The molecule has 2 heterocycles. The summed E-state index contributed by atoms with van der Waals surface area (Å²) in [5, 5.41) is 14.2. The minimum atomic E-state index is -0.887. The lowest BCUT2D eigenvalue weighted by Crippen LogP contribution is -2.51. The van der Waals surface area contributed by atoms with Crippen LogP contribution in [0.25, 0.3) is 0 Å². The highest BCUT2D eigenvalue weighted by Crippen LogP contribution is 2.32. The summed E-state index contributed by atoms with van der Waals surface area (Å²) < 4.78 is 0. The van der Waals surface area contributed by atoms with Gasteiger partial charge in [-0.2, -0.15) is 0 Å². The molecule has 0 aliphatic carbocycles. The summed E-state index contributed by atoms with van der Waals surface area (Å²) in [6.07, 6.45) is 1.95. The Bertz CT molecular complexity index is 520. The maximum absolute atomic E-state index is 12.9. The van der Waals surface area contributed by atoms with Crippen LogP contribution in [0.3, 0.4) is 0 Å². The Kier molecular flexibility index (Phi) is 4.32. The van der Waals surface area contributed by atoms with Gasteiger partial charge in [0.2, 0.25) is 5.91 Å². The zero-order valence-electron chi connectivity index (χ0n) is 11.9. The molecule has 1 aromatic rings. The van der Waals surface area contributed by atoms with Crippen LogP contribution < -0.4 is 5.73 Å². The number of rotatable bonds is 4. The number of hydrogen-bond acceptors (Lipinski definition) is 4. The third-order valence-corrected chi connectivity index (χ3v) is 5.33. The number of oxime groups is 1. The third kappa shape index (κ3) is 2.28. The molecule has 110 valence electrons. The monoisotopic (exact) mass is 295 g/mol. The largest absolute Gasteiger partial charge is 0.409 e. The van der Waals surface area contributed by atoms with Crippen molar-refractivity contribution in [3.8, 4) is 0 Å². The number of carbonyl (C=O) groups excluding carboxylic acids is 1. The van der Waals surface area contributed by atoms with E-state index in [2.05, 4.69) is 16.6 Å². The van der Waals surface area contributed by atoms with E-state index in [1.165, 1.54) is 10.4 Å². The molecule has 2 rings (SSSR count). The molecule has 0 saturated heterocycles. The van der Waals surface area contributed by atoms with Crippen LogP contribution in [0.2, 0.25) is 0 Å². The molecule has 0 fully saturated rings. The van der Waals surface area contributed by atoms with Gasteiger partial charge in [0, 0.05) is 18.0 Å². The minimum Gasteiger partial charge on any atom is -0.409 e. The molecule has 0 unspecified atom stereocenters. The maximum Gasteiger partial charge on any atom is 0.236 e. The SMILES string of the molecule is CCC(CC)(C(=O)N1CCc2sccc2C1)C(N)=NO. The van der Waals surface area contributed by atoms with E-state index in [-0.39, 0.29) is 11.7 Å². The molecule has 0 saturated carbocycles. The van der Waals surface area contributed by atoms with E-state index in [1.54, 1.807) is 11.3 Å². The van der Waals surface area contributed by atoms with Crippen molar-refractivity contribution in [3.05, 3.63) is 21.9 Å². The Balaban J connectivity index is 2.26. The van der Waals surface area contributed by atoms with Crippen molar-refractivity contribution in [3.63, 3.8) is 0 Å². The fourth-order valence-corrected chi connectivity index (χ4v) is 3.73. The number of thiophene rings is 1. The van der Waals surface area contributed by atoms with Crippen LogP contribution in [-0.2, 0) is 17.8 Å². The maximum atomic E-state index is 12.9. The van der Waals surface area contributed by atoms with E-state index >= 15 is 0 Å². The van der Waals surface area contributed by atoms with Crippen LogP contribution >= 0.6 is 11.3 Å². The molecule has 6 heteroatoms. The number of amides is 1. The number of carbonyl (C=O) groups is 1. The topological polar surface area (TPSA) is 78.9 Å². The van der Waals surface area contributed by atoms with E-state index in [0.29, 0.717) is 25.9 Å². The minimum absolute atomic E-state index is 0.0172. The first-order valence-electron chi connectivity index (χ1n) is 6.91. The first kappa shape index (κ1) is 14.8. The van der Waals surface area contributed by atoms with E-state index in [4.69, 9.17) is 10.9 Å². The number of hydrogen-bond donors (Lipinski definition) is 2. The van der Waals surface area contributed by atoms with Gasteiger partial charge in [0.25, 0.3) is 0 Å². The molecule has 1 amide bonds. The normalized spacial score (nSPS) is 16.1. The van der Waals surface area contributed by atoms with Crippen LogP contribution in [0.4, 0.5) is 0 Å². The van der Waals surface area contributed by atoms with Crippen LogP contribution in [-0.4, -0.2) is 28.4 Å². The van der Waals surface area contributed by atoms with Crippen molar-refractivity contribution in [1.82, 2.24) is 4.90 Å². The van der Waals surface area contributed by atoms with Gasteiger partial charge in [-0.1, -0.05) is 19.0 Å². The van der Waals surface area contributed by atoms with Crippen molar-refractivity contribution in [1.29, 1.82) is 0 Å². The number of nitrogens with two attached hydrogens (primary N) is 1. The van der Waals surface area contributed by atoms with Crippen molar-refractivity contribution in [2.45, 2.75) is 39.7 Å². The molecular formula is C14H21N3O2S. The molecule has 3 N–H and O–H groups in total. The van der Waals surface area contributed by atoms with E-state index < -0.39 is 5.41 Å². The molecule has 0 spiro atoms. The van der Waals surface area contributed by atoms with Crippen LogP contribution in [0.1, 0.15) is 37.1 Å². The van der Waals surface area contributed by atoms with Crippen LogP contribution in [0, 0.1) is 5.41 Å². The molecule has 5 nitrogen and oxygen atoms in total. The number of nitrogens with zero attached hydrogens (tertiary/aromatic N) is 2. The Morgan fingerprint density at radius 3 is 2.85 bits per heavy atom. The average molecular weight is 295 g/mol. The van der Waals surface area contributed by atoms with Crippen LogP contribution in [0.15, 0.2) is 16.6 Å². The van der Waals surface area contributed by atoms with Gasteiger partial charge in [-0.05, 0) is 36.3 Å². The van der Waals surface area contributed by atoms with Gasteiger partial charge in [0.1, 0.15) is 5.41 Å². The summed E-state index contributed by atoms with van der Waals surface area (Å²) >= 11 is 1.74. The zero-order chi connectivity index (χ0) is 14.8. The van der Waals surface area contributed by atoms with Gasteiger partial charge in [0.05, 0.1) is 0 Å². The Morgan fingerprint density at radius 1 is 1.55 bits per heavy atom. The number of amidine groups is 1. The molecule has 0 atom stereocenters. The summed E-state index contributed by atoms with van der Waals surface area (Å²) in [7, 11) is 0. The zero-order valence-corrected chi connectivity index (χ0v) is 12.7. The molecule has 20 heavy (non-hydrogen) atoms. The van der Waals surface area contributed by atoms with Crippen LogP contribution in [0.5, 0.6) is 0 Å². The molecule has 0 aromatic carbocycles. The fraction of sp³-hybridized carbons (Fsp3) is 0.571. The predicted octanol–water partition coefficient (Wildman–Crippen LogP) is 2.19. The summed E-state index contributed by atoms with van der Waals surface area (Å²) in [4.78, 5) is 16.1. The molecule has 0 bridgehead atoms. The molecule has 0 radical (unpaired) electrons. The van der Waals surface area contributed by atoms with Gasteiger partial charge in [-0.15, -0.1) is 11.3 Å². The third-order valence-electron chi connectivity index (χ3n) is 4.31. The first-order chi connectivity index (χ1) is 9.58. The first-order valence-corrected chi connectivity index (χ1v) is 7.79. The summed E-state index contributed by atoms with van der Waals surface area (Å²) in [6.45, 7) is 5.13. The summed E-state index contributed by atoms with van der Waals surface area (Å²) in [6, 6.07) is 2.07. The average Bonchev–Trinajstić information content (AvgIpc) is 2.95. The number of fused-ring (bicyclic) bond motifs is 1. The van der Waals surface area contributed by atoms with Crippen molar-refractivity contribution in [2.75, 3.05) is 6.54 Å². The highest BCUT2D eigenvalue weighted by atomic mass is 32.1. The molecule has 1 aliphatic heterocycles. The lowest BCUT2D eigenvalue weighted by atomic mass is 9.79. The second-order valence-corrected chi connectivity index (χ2v) is 6.12. The quantitative estimate of drug-likeness (QED) is 0.387. The van der Waals surface area contributed by atoms with Gasteiger partial charge in [-0.25, -0.2) is 0 Å². The Labute approximate surface area is 123 Å². The van der Waals surface area contributed by atoms with E-state index in [1.807, 2.05) is 18.7 Å². The summed E-state index contributed by atoms with van der Waals surface area (Å²) in [5.74, 6) is -0.0155. The Hall–Kier alpha value is -1.56. The smallest absolute Gasteiger partial charge is 0.236 e. The van der Waals surface area contributed by atoms with Gasteiger partial charge >= 0.3 is 0 Å². The highest BCUT2D eigenvalue weighted by Gasteiger charge is 2.43. The lowest BCUT2D eigenvalue weighted by molar-refractivity contribution is -0.139. The lowest BCUT2D eigenvalue weighted by Gasteiger charge is -2.36. The predicted molar refractivity (Wildman–Crippen MR) is 79.9 cm³/mol. The van der Waals surface area contributed by atoms with E-state index in [9.17, 15) is 4.79 Å². The van der Waals surface area contributed by atoms with Gasteiger partial charge in [0.15, 0.2) is 5.84 Å². The highest BCUT2D eigenvalue weighted by molar-refractivity contribution is 7.10. The standard InChI is InChI=1S/C14H21N3O2S/c1-3-14(4-2,12(15)16-19)13(18)17-7-5-11-10(9-17)6-8-20-11/h6,8,19H,3-5,7,9H2,1-2H3,(H2,15,16). The Morgan fingerprint density at radius 2 is 2.25 bits per heavy atom. The second-order valence-electron chi connectivity index (χ2n) is 5.12. The van der Waals surface area contributed by atoms with Crippen molar-refractivity contribution < 1.29 is 10.0 Å². The van der Waals surface area contributed by atoms with Gasteiger partial charge < -0.3 is 15.8 Å². The fourth-order valence-electron chi connectivity index (χ4n) is 2.84. The van der Waals surface area contributed by atoms with Crippen molar-refractivity contribution >= 4 is 23.1 Å². The molecule has 1 aliphatic rings.